The fraction of sp³-hybridized carbons (Fsp3) is 0.312. The molecule has 0 unspecified atom stereocenters. The van der Waals surface area contributed by atoms with Crippen molar-refractivity contribution < 1.29 is 14.3 Å². The van der Waals surface area contributed by atoms with E-state index in [1.165, 1.54) is 7.11 Å². The van der Waals surface area contributed by atoms with Crippen LogP contribution in [0.3, 0.4) is 0 Å². The Morgan fingerprint density at radius 3 is 2.73 bits per heavy atom. The fourth-order valence-electron chi connectivity index (χ4n) is 2.10. The third-order valence-corrected chi connectivity index (χ3v) is 3.29. The molecule has 2 aromatic rings. The van der Waals surface area contributed by atoms with Crippen LogP contribution in [0.1, 0.15) is 24.4 Å². The highest BCUT2D eigenvalue weighted by molar-refractivity contribution is 5.78. The Kier molecular flexibility index (Phi) is 5.71. The first-order chi connectivity index (χ1) is 10.7. The molecule has 2 rings (SSSR count). The third kappa shape index (κ3) is 4.73. The second-order valence-corrected chi connectivity index (χ2v) is 4.86. The molecule has 6 heteroatoms. The van der Waals surface area contributed by atoms with Gasteiger partial charge in [-0.25, -0.2) is 4.98 Å². The number of nitrogens with one attached hydrogen (secondary N) is 1. The van der Waals surface area contributed by atoms with Crippen LogP contribution in [0.25, 0.3) is 0 Å². The van der Waals surface area contributed by atoms with Gasteiger partial charge in [0.15, 0.2) is 0 Å². The van der Waals surface area contributed by atoms with Crippen molar-refractivity contribution in [3.63, 3.8) is 0 Å². The lowest BCUT2D eigenvalue weighted by molar-refractivity contribution is -0.141. The van der Waals surface area contributed by atoms with Crippen LogP contribution in [0.5, 0.6) is 0 Å². The minimum atomic E-state index is -0.385. The molecule has 0 saturated carbocycles. The number of rotatable bonds is 7. The van der Waals surface area contributed by atoms with Gasteiger partial charge in [-0.2, -0.15) is 0 Å². The van der Waals surface area contributed by atoms with Crippen molar-refractivity contribution in [3.8, 4) is 0 Å². The maximum Gasteiger partial charge on any atom is 0.307 e. The summed E-state index contributed by atoms with van der Waals surface area (Å²) in [5, 5.41) is 2.89. The Morgan fingerprint density at radius 2 is 2.09 bits per heavy atom. The van der Waals surface area contributed by atoms with Gasteiger partial charge < -0.3 is 14.6 Å². The number of carbonyl (C=O) groups is 2. The van der Waals surface area contributed by atoms with Crippen LogP contribution in [-0.4, -0.2) is 28.5 Å². The zero-order valence-corrected chi connectivity index (χ0v) is 12.4. The van der Waals surface area contributed by atoms with Crippen LogP contribution >= 0.6 is 0 Å². The maximum absolute atomic E-state index is 12.1. The van der Waals surface area contributed by atoms with E-state index in [-0.39, 0.29) is 24.3 Å². The summed E-state index contributed by atoms with van der Waals surface area (Å²) in [5.74, 6) is -0.477. The molecule has 1 N–H and O–H groups in total. The first kappa shape index (κ1) is 15.8. The average Bonchev–Trinajstić information content (AvgIpc) is 3.06. The lowest BCUT2D eigenvalue weighted by Gasteiger charge is -2.18. The number of hydrogen-bond acceptors (Lipinski definition) is 4. The summed E-state index contributed by atoms with van der Waals surface area (Å²) < 4.78 is 6.53. The van der Waals surface area contributed by atoms with Gasteiger partial charge in [0.25, 0.3) is 0 Å². The molecule has 1 aromatic heterocycles. The number of aromatic nitrogens is 2. The van der Waals surface area contributed by atoms with E-state index in [9.17, 15) is 9.59 Å². The summed E-state index contributed by atoms with van der Waals surface area (Å²) in [7, 11) is 1.34. The number of nitrogens with zero attached hydrogens (tertiary/aromatic N) is 2. The molecule has 0 spiro atoms. The summed E-state index contributed by atoms with van der Waals surface area (Å²) in [6.45, 7) is 0.547. The van der Waals surface area contributed by atoms with Gasteiger partial charge in [0.1, 0.15) is 0 Å². The van der Waals surface area contributed by atoms with Crippen molar-refractivity contribution >= 4 is 11.9 Å². The maximum atomic E-state index is 12.1. The number of imidazole rings is 1. The number of carbonyl (C=O) groups excluding carboxylic acids is 2. The minimum Gasteiger partial charge on any atom is -0.469 e. The van der Waals surface area contributed by atoms with E-state index in [1.807, 2.05) is 34.9 Å². The third-order valence-electron chi connectivity index (χ3n) is 3.29. The Hall–Kier alpha value is -2.63. The van der Waals surface area contributed by atoms with E-state index in [2.05, 4.69) is 10.3 Å². The number of amides is 1. The van der Waals surface area contributed by atoms with Gasteiger partial charge in [-0.05, 0) is 5.56 Å². The molecule has 1 aromatic carbocycles. The number of methoxy groups -OCH3 is 1. The van der Waals surface area contributed by atoms with Crippen LogP contribution in [0, 0.1) is 0 Å². The van der Waals surface area contributed by atoms with Crippen molar-refractivity contribution in [3.05, 3.63) is 54.6 Å². The summed E-state index contributed by atoms with van der Waals surface area (Å²) in [4.78, 5) is 27.6. The molecule has 0 radical (unpaired) electrons. The van der Waals surface area contributed by atoms with E-state index in [4.69, 9.17) is 4.74 Å². The fourth-order valence-corrected chi connectivity index (χ4v) is 2.10. The average molecular weight is 301 g/mol. The molecule has 0 bridgehead atoms. The second-order valence-electron chi connectivity index (χ2n) is 4.86. The normalized spacial score (nSPS) is 11.7. The molecule has 1 amide bonds. The van der Waals surface area contributed by atoms with Gasteiger partial charge in [-0.1, -0.05) is 30.3 Å². The molecule has 0 aliphatic rings. The van der Waals surface area contributed by atoms with Crippen molar-refractivity contribution in [2.45, 2.75) is 25.4 Å². The molecule has 0 aliphatic heterocycles. The molecule has 116 valence electrons. The Labute approximate surface area is 129 Å². The van der Waals surface area contributed by atoms with E-state index in [0.29, 0.717) is 13.0 Å². The smallest absolute Gasteiger partial charge is 0.307 e. The molecule has 1 heterocycles. The van der Waals surface area contributed by atoms with Crippen LogP contribution in [0.15, 0.2) is 49.1 Å². The summed E-state index contributed by atoms with van der Waals surface area (Å²) in [6, 6.07) is 9.01. The highest BCUT2D eigenvalue weighted by Crippen LogP contribution is 2.17. The minimum absolute atomic E-state index is 0.108. The van der Waals surface area contributed by atoms with Crippen molar-refractivity contribution in [1.82, 2.24) is 14.9 Å². The number of benzene rings is 1. The highest BCUT2D eigenvalue weighted by atomic mass is 16.5. The van der Waals surface area contributed by atoms with Crippen molar-refractivity contribution in [2.75, 3.05) is 7.11 Å². The van der Waals surface area contributed by atoms with Gasteiger partial charge in [-0.3, -0.25) is 9.59 Å². The first-order valence-corrected chi connectivity index (χ1v) is 7.06. The van der Waals surface area contributed by atoms with Gasteiger partial charge in [0.2, 0.25) is 5.91 Å². The summed E-state index contributed by atoms with van der Waals surface area (Å²) in [6.07, 6.45) is 5.56. The van der Waals surface area contributed by atoms with Gasteiger partial charge in [-0.15, -0.1) is 0 Å². The number of aryl methyl sites for hydroxylation is 1. The van der Waals surface area contributed by atoms with Crippen molar-refractivity contribution in [1.29, 1.82) is 0 Å². The van der Waals surface area contributed by atoms with E-state index in [0.717, 1.165) is 5.56 Å². The van der Waals surface area contributed by atoms with E-state index in [1.54, 1.807) is 18.7 Å². The van der Waals surface area contributed by atoms with E-state index < -0.39 is 0 Å². The highest BCUT2D eigenvalue weighted by Gasteiger charge is 2.18. The first-order valence-electron chi connectivity index (χ1n) is 7.06. The van der Waals surface area contributed by atoms with Gasteiger partial charge in [0.05, 0.1) is 25.9 Å². The molecule has 0 aliphatic carbocycles. The predicted octanol–water partition coefficient (Wildman–Crippen LogP) is 1.69. The molecule has 1 atom stereocenters. The van der Waals surface area contributed by atoms with E-state index >= 15 is 0 Å². The Balaban J connectivity index is 1.96. The topological polar surface area (TPSA) is 73.2 Å². The van der Waals surface area contributed by atoms with Crippen LogP contribution in [-0.2, 0) is 20.9 Å². The predicted molar refractivity (Wildman–Crippen MR) is 80.8 cm³/mol. The monoisotopic (exact) mass is 301 g/mol. The zero-order chi connectivity index (χ0) is 15.8. The van der Waals surface area contributed by atoms with Gasteiger partial charge in [0, 0.05) is 25.4 Å². The summed E-state index contributed by atoms with van der Waals surface area (Å²) in [5.41, 5.74) is 0.879. The lowest BCUT2D eigenvalue weighted by atomic mass is 10.0. The molecule has 0 fully saturated rings. The summed E-state index contributed by atoms with van der Waals surface area (Å²) >= 11 is 0. The molecule has 6 nitrogen and oxygen atoms in total. The van der Waals surface area contributed by atoms with Crippen LogP contribution < -0.4 is 5.32 Å². The van der Waals surface area contributed by atoms with Gasteiger partial charge >= 0.3 is 5.97 Å². The zero-order valence-electron chi connectivity index (χ0n) is 12.4. The SMILES string of the molecule is COC(=O)C[C@@H](NC(=O)CCn1ccnc1)c1ccccc1. The van der Waals surface area contributed by atoms with Crippen molar-refractivity contribution in [2.24, 2.45) is 0 Å². The van der Waals surface area contributed by atoms with Crippen LogP contribution in [0.4, 0.5) is 0 Å². The molecule has 22 heavy (non-hydrogen) atoms. The van der Waals surface area contributed by atoms with Crippen LogP contribution in [0.2, 0.25) is 0 Å². The lowest BCUT2D eigenvalue weighted by Crippen LogP contribution is -2.31. The second kappa shape index (κ2) is 7.97. The number of esters is 1. The molecular weight excluding hydrogens is 282 g/mol. The molecular formula is C16H19N3O3. The Morgan fingerprint density at radius 1 is 1.32 bits per heavy atom. The standard InChI is InChI=1S/C16H19N3O3/c1-22-16(21)11-14(13-5-3-2-4-6-13)18-15(20)7-9-19-10-8-17-12-19/h2-6,8,10,12,14H,7,9,11H2,1H3,(H,18,20)/t14-/m1/s1. The largest absolute Gasteiger partial charge is 0.469 e. The number of ether oxygens (including phenoxy) is 1. The molecule has 0 saturated heterocycles. The Bertz CT molecular complexity index is 596. The quantitative estimate of drug-likeness (QED) is 0.790. The number of hydrogen-bond donors (Lipinski definition) is 1.